The van der Waals surface area contributed by atoms with Gasteiger partial charge in [0.2, 0.25) is 5.91 Å². The average Bonchev–Trinajstić information content (AvgIpc) is 3.77. The number of rotatable bonds is 12. The van der Waals surface area contributed by atoms with Gasteiger partial charge in [-0.25, -0.2) is 14.8 Å². The van der Waals surface area contributed by atoms with Crippen molar-refractivity contribution in [2.45, 2.75) is 58.0 Å². The molecule has 4 aromatic rings. The van der Waals surface area contributed by atoms with E-state index >= 15 is 8.78 Å². The van der Waals surface area contributed by atoms with E-state index in [1.807, 2.05) is 31.2 Å². The number of hydrogen-bond donors (Lipinski definition) is 4. The van der Waals surface area contributed by atoms with Crippen molar-refractivity contribution >= 4 is 18.1 Å². The Labute approximate surface area is 272 Å². The fourth-order valence-electron chi connectivity index (χ4n) is 6.27. The van der Waals surface area contributed by atoms with Crippen LogP contribution in [-0.4, -0.2) is 63.6 Å². The van der Waals surface area contributed by atoms with Gasteiger partial charge in [0.25, 0.3) is 5.92 Å². The van der Waals surface area contributed by atoms with Crippen molar-refractivity contribution in [2.24, 2.45) is 0 Å². The second-order valence-electron chi connectivity index (χ2n) is 11.9. The van der Waals surface area contributed by atoms with Crippen molar-refractivity contribution in [1.82, 2.24) is 35.5 Å². The number of alkyl halides is 2. The van der Waals surface area contributed by atoms with E-state index in [1.54, 1.807) is 35.4 Å². The Morgan fingerprint density at radius 1 is 1.06 bits per heavy atom. The van der Waals surface area contributed by atoms with Crippen LogP contribution >= 0.6 is 0 Å². The van der Waals surface area contributed by atoms with E-state index in [-0.39, 0.29) is 36.0 Å². The average molecular weight is 644 g/mol. The fourth-order valence-corrected chi connectivity index (χ4v) is 6.27. The molecule has 1 unspecified atom stereocenters. The van der Waals surface area contributed by atoms with Gasteiger partial charge in [0.05, 0.1) is 37.8 Å². The van der Waals surface area contributed by atoms with Crippen LogP contribution in [0.4, 0.5) is 13.6 Å². The van der Waals surface area contributed by atoms with Gasteiger partial charge in [-0.1, -0.05) is 44.2 Å². The molecule has 47 heavy (non-hydrogen) atoms. The summed E-state index contributed by atoms with van der Waals surface area (Å²) in [6.45, 7) is 6.10. The maximum absolute atomic E-state index is 16.1. The maximum Gasteiger partial charge on any atom is 0.407 e. The maximum atomic E-state index is 16.1. The van der Waals surface area contributed by atoms with E-state index in [1.165, 1.54) is 7.11 Å². The molecule has 0 radical (unpaired) electrons. The number of halogens is 2. The van der Waals surface area contributed by atoms with Crippen LogP contribution in [0.2, 0.25) is 0 Å². The van der Waals surface area contributed by atoms with E-state index < -0.39 is 12.0 Å². The van der Waals surface area contributed by atoms with Crippen LogP contribution in [-0.2, 0) is 35.0 Å². The summed E-state index contributed by atoms with van der Waals surface area (Å²) in [4.78, 5) is 41.5. The first kappa shape index (κ1) is 32.1. The second-order valence-corrected chi connectivity index (χ2v) is 11.9. The Morgan fingerprint density at radius 2 is 1.85 bits per heavy atom. The molecule has 2 aliphatic carbocycles. The number of allylic oxidation sites excluding steroid dienone is 1. The number of nitrogens with zero attached hydrogens (tertiary/aromatic N) is 3. The van der Waals surface area contributed by atoms with Crippen molar-refractivity contribution in [2.75, 3.05) is 26.7 Å². The summed E-state index contributed by atoms with van der Waals surface area (Å²) < 4.78 is 36.7. The van der Waals surface area contributed by atoms with Crippen molar-refractivity contribution < 1.29 is 23.1 Å². The van der Waals surface area contributed by atoms with Crippen LogP contribution < -0.4 is 10.6 Å². The van der Waals surface area contributed by atoms with Crippen molar-refractivity contribution in [3.63, 3.8) is 0 Å². The third-order valence-corrected chi connectivity index (χ3v) is 8.64. The fraction of sp³-hybridized carbons (Fsp3) is 0.371. The highest BCUT2D eigenvalue weighted by Crippen LogP contribution is 2.52. The van der Waals surface area contributed by atoms with Gasteiger partial charge >= 0.3 is 6.09 Å². The summed E-state index contributed by atoms with van der Waals surface area (Å²) in [6.07, 6.45) is 7.22. The van der Waals surface area contributed by atoms with Gasteiger partial charge in [-0.3, -0.25) is 4.79 Å². The number of hydrogen-bond acceptors (Lipinski definition) is 6. The Hall–Kier alpha value is -4.84. The van der Waals surface area contributed by atoms with Crippen LogP contribution in [0.3, 0.4) is 0 Å². The van der Waals surface area contributed by atoms with E-state index in [2.05, 4.69) is 42.2 Å². The Balaban J connectivity index is 1.17. The van der Waals surface area contributed by atoms with Gasteiger partial charge in [0.1, 0.15) is 18.2 Å². The third kappa shape index (κ3) is 6.55. The summed E-state index contributed by atoms with van der Waals surface area (Å²) in [5, 5.41) is 5.72. The van der Waals surface area contributed by atoms with E-state index in [4.69, 9.17) is 0 Å². The Bertz CT molecular complexity index is 1810. The number of imidazole rings is 2. The van der Waals surface area contributed by atoms with Crippen molar-refractivity contribution in [3.8, 4) is 22.4 Å². The molecule has 0 fully saturated rings. The minimum absolute atomic E-state index is 0.00458. The normalized spacial score (nSPS) is 15.6. The highest BCUT2D eigenvalue weighted by molar-refractivity contribution is 5.83. The number of aromatic nitrogens is 4. The molecule has 2 aromatic carbocycles. The lowest BCUT2D eigenvalue weighted by atomic mass is 9.87. The molecule has 4 N–H and O–H groups in total. The minimum Gasteiger partial charge on any atom is -0.453 e. The number of carbonyl (C=O) groups is 2. The molecule has 1 atom stereocenters. The van der Waals surface area contributed by atoms with Gasteiger partial charge in [-0.15, -0.1) is 0 Å². The summed E-state index contributed by atoms with van der Waals surface area (Å²) >= 11 is 0. The largest absolute Gasteiger partial charge is 0.453 e. The molecule has 12 heteroatoms. The zero-order chi connectivity index (χ0) is 33.1. The predicted molar refractivity (Wildman–Crippen MR) is 175 cm³/mol. The number of fused-ring (bicyclic) bond motifs is 4. The number of alkyl carbamates (subject to hydrolysis) is 1. The quantitative estimate of drug-likeness (QED) is 0.143. The number of amides is 2. The van der Waals surface area contributed by atoms with Crippen molar-refractivity contribution in [3.05, 3.63) is 88.4 Å². The van der Waals surface area contributed by atoms with E-state index in [0.717, 1.165) is 42.2 Å². The first-order valence-corrected chi connectivity index (χ1v) is 16.0. The van der Waals surface area contributed by atoms with Gasteiger partial charge in [0.15, 0.2) is 0 Å². The Kier molecular flexibility index (Phi) is 9.21. The molecule has 0 saturated heterocycles. The molecule has 6 rings (SSSR count). The highest BCUT2D eigenvalue weighted by atomic mass is 19.3. The number of benzene rings is 2. The minimum atomic E-state index is -3.15. The Morgan fingerprint density at radius 3 is 2.62 bits per heavy atom. The SMILES string of the molecule is CCCNCc1ncc(-c2ccc3c(c2)C(F)(F)c2cc(C4C=Cc5nc(CN(CCC)C(=O)CNC(=O)OC)[nH]c5C4)ccc2-3)[nH]1. The number of H-pyrrole nitrogens is 2. The molecular formula is C35H39F2N7O3. The topological polar surface area (TPSA) is 128 Å². The van der Waals surface area contributed by atoms with Gasteiger partial charge in [-0.2, -0.15) is 8.78 Å². The summed E-state index contributed by atoms with van der Waals surface area (Å²) in [5.41, 5.74) is 4.90. The monoisotopic (exact) mass is 643 g/mol. The second kappa shape index (κ2) is 13.5. The van der Waals surface area contributed by atoms with E-state index in [0.29, 0.717) is 47.7 Å². The van der Waals surface area contributed by atoms with Crippen LogP contribution in [0.5, 0.6) is 0 Å². The van der Waals surface area contributed by atoms with Crippen LogP contribution in [0.25, 0.3) is 28.5 Å². The molecule has 2 heterocycles. The molecule has 10 nitrogen and oxygen atoms in total. The summed E-state index contributed by atoms with van der Waals surface area (Å²) in [7, 11) is 1.24. The first-order chi connectivity index (χ1) is 22.7. The van der Waals surface area contributed by atoms with Gasteiger partial charge in [0, 0.05) is 41.3 Å². The number of ether oxygens (including phenoxy) is 1. The molecule has 2 aliphatic rings. The standard InChI is InChI=1S/C35H39F2N7O3/c1-4-12-38-18-31-39-17-30(43-31)23-7-10-25-24-9-6-21(14-26(24)35(36,37)27(25)15-23)22-8-11-28-29(16-22)42-32(41-28)20-44(13-5-2)33(45)19-40-34(46)47-3/h6-11,14-15,17,22,38H,4-5,12-13,16,18-20H2,1-3H3,(H,39,43)(H,40,46)(H,41,42). The molecule has 2 amide bonds. The molecule has 0 bridgehead atoms. The summed E-state index contributed by atoms with van der Waals surface area (Å²) in [6, 6.07) is 10.6. The van der Waals surface area contributed by atoms with Crippen LogP contribution in [0.1, 0.15) is 72.3 Å². The van der Waals surface area contributed by atoms with Gasteiger partial charge < -0.3 is 30.2 Å². The van der Waals surface area contributed by atoms with Crippen molar-refractivity contribution in [1.29, 1.82) is 0 Å². The zero-order valence-corrected chi connectivity index (χ0v) is 26.8. The molecule has 0 spiro atoms. The predicted octanol–water partition coefficient (Wildman–Crippen LogP) is 5.87. The number of aromatic amines is 2. The van der Waals surface area contributed by atoms with Crippen LogP contribution in [0, 0.1) is 0 Å². The molecular weight excluding hydrogens is 604 g/mol. The van der Waals surface area contributed by atoms with E-state index in [9.17, 15) is 9.59 Å². The smallest absolute Gasteiger partial charge is 0.407 e. The van der Waals surface area contributed by atoms with Gasteiger partial charge in [-0.05, 0) is 54.3 Å². The molecule has 246 valence electrons. The molecule has 0 aliphatic heterocycles. The zero-order valence-electron chi connectivity index (χ0n) is 26.8. The molecule has 0 saturated carbocycles. The summed E-state index contributed by atoms with van der Waals surface area (Å²) in [5.74, 6) is -2.14. The lowest BCUT2D eigenvalue weighted by Gasteiger charge is -2.21. The first-order valence-electron chi connectivity index (χ1n) is 16.0. The highest BCUT2D eigenvalue weighted by Gasteiger charge is 2.45. The lowest BCUT2D eigenvalue weighted by molar-refractivity contribution is -0.130. The number of carbonyl (C=O) groups excluding carboxylic acids is 2. The number of methoxy groups -OCH3 is 1. The molecule has 2 aromatic heterocycles. The lowest BCUT2D eigenvalue weighted by Crippen LogP contribution is -2.40. The number of nitrogens with one attached hydrogen (secondary N) is 4. The third-order valence-electron chi connectivity index (χ3n) is 8.64. The van der Waals surface area contributed by atoms with Crippen LogP contribution in [0.15, 0.2) is 48.7 Å².